The normalized spacial score (nSPS) is 14.4. The maximum absolute atomic E-state index is 13.1. The Labute approximate surface area is 222 Å². The fourth-order valence-corrected chi connectivity index (χ4v) is 5.97. The lowest BCUT2D eigenvalue weighted by atomic mass is 10.1. The van der Waals surface area contributed by atoms with E-state index in [1.54, 1.807) is 37.2 Å². The van der Waals surface area contributed by atoms with Gasteiger partial charge in [-0.3, -0.25) is 14.7 Å². The highest BCUT2D eigenvalue weighted by atomic mass is 32.1. The summed E-state index contributed by atoms with van der Waals surface area (Å²) in [6, 6.07) is 15.1. The number of carbonyl (C=O) groups is 1. The van der Waals surface area contributed by atoms with Gasteiger partial charge < -0.3 is 19.1 Å². The summed E-state index contributed by atoms with van der Waals surface area (Å²) in [7, 11) is -2.78. The maximum Gasteiger partial charge on any atom is 0.257 e. The third-order valence-corrected chi connectivity index (χ3v) is 7.85. The largest absolute Gasteiger partial charge is 0.490 e. The molecule has 0 bridgehead atoms. The predicted molar refractivity (Wildman–Crippen MR) is 147 cm³/mol. The molecular weight excluding hydrogens is 511 g/mol. The number of aliphatic hydroxyl groups excluding tert-OH is 1. The summed E-state index contributed by atoms with van der Waals surface area (Å²) in [5, 5.41) is 14.2. The maximum atomic E-state index is 13.1. The molecule has 0 aliphatic rings. The molecule has 10 heteroatoms. The highest BCUT2D eigenvalue weighted by molar-refractivity contribution is 7.57. The van der Waals surface area contributed by atoms with E-state index in [2.05, 4.69) is 10.3 Å². The molecule has 0 saturated carbocycles. The summed E-state index contributed by atoms with van der Waals surface area (Å²) >= 11 is 1.26. The topological polar surface area (TPSA) is 107 Å². The van der Waals surface area contributed by atoms with Crippen molar-refractivity contribution in [3.63, 3.8) is 0 Å². The van der Waals surface area contributed by atoms with Crippen molar-refractivity contribution in [3.05, 3.63) is 70.7 Å². The van der Waals surface area contributed by atoms with Gasteiger partial charge in [-0.15, -0.1) is 11.3 Å². The number of anilines is 1. The van der Waals surface area contributed by atoms with Crippen LogP contribution in [-0.2, 0) is 21.7 Å². The number of thiazole rings is 1. The van der Waals surface area contributed by atoms with E-state index < -0.39 is 7.37 Å². The van der Waals surface area contributed by atoms with Crippen LogP contribution < -0.4 is 14.8 Å². The number of ether oxygens (including phenoxy) is 2. The number of aromatic nitrogens is 1. The smallest absolute Gasteiger partial charge is 0.257 e. The van der Waals surface area contributed by atoms with E-state index in [-0.39, 0.29) is 30.9 Å². The lowest BCUT2D eigenvalue weighted by molar-refractivity contribution is 0.102. The molecule has 0 radical (unpaired) electrons. The van der Waals surface area contributed by atoms with Crippen LogP contribution in [0.2, 0.25) is 0 Å². The van der Waals surface area contributed by atoms with Crippen LogP contribution in [-0.4, -0.2) is 48.1 Å². The van der Waals surface area contributed by atoms with E-state index in [1.165, 1.54) is 11.3 Å². The van der Waals surface area contributed by atoms with Gasteiger partial charge in [0.1, 0.15) is 11.5 Å². The fraction of sp³-hybridized carbons (Fsp3) is 0.407. The molecule has 8 nitrogen and oxygen atoms in total. The number of nitrogens with zero attached hydrogens (tertiary/aromatic N) is 1. The van der Waals surface area contributed by atoms with Crippen LogP contribution >= 0.6 is 18.7 Å². The molecule has 3 aromatic rings. The fourth-order valence-electron chi connectivity index (χ4n) is 3.75. The number of carbonyl (C=O) groups excluding carboxylic acids is 1. The van der Waals surface area contributed by atoms with E-state index in [9.17, 15) is 14.5 Å². The first-order valence-electron chi connectivity index (χ1n) is 12.3. The molecule has 3 atom stereocenters. The molecule has 1 unspecified atom stereocenters. The van der Waals surface area contributed by atoms with Crippen molar-refractivity contribution in [2.75, 3.05) is 25.2 Å². The minimum atomic E-state index is -2.78. The van der Waals surface area contributed by atoms with Crippen LogP contribution in [0.5, 0.6) is 11.5 Å². The van der Waals surface area contributed by atoms with Gasteiger partial charge in [0.15, 0.2) is 5.13 Å². The summed E-state index contributed by atoms with van der Waals surface area (Å²) in [5.74, 6) is 0.607. The number of hydrogen-bond acceptors (Lipinski definition) is 8. The van der Waals surface area contributed by atoms with Crippen LogP contribution in [0.4, 0.5) is 5.13 Å². The standard InChI is InChI=1S/C27H35N2O6PS/c1-5-33-36(4,32)17-23-18-37-27(28-23)29-26(31)22-14-24(34-19(2)11-12-30)16-25(15-22)35-20(3)13-21-9-7-6-8-10-21/h6-10,14-16,18-20,30H,5,11-13,17H2,1-4H3,(H,28,29,31)/t19-,20-,36?/m0/s1. The molecule has 0 aliphatic heterocycles. The summed E-state index contributed by atoms with van der Waals surface area (Å²) in [6.07, 6.45) is 0.993. The molecule has 1 amide bonds. The van der Waals surface area contributed by atoms with Crippen molar-refractivity contribution in [2.24, 2.45) is 0 Å². The van der Waals surface area contributed by atoms with Crippen LogP contribution in [0.25, 0.3) is 0 Å². The monoisotopic (exact) mass is 546 g/mol. The first-order valence-corrected chi connectivity index (χ1v) is 15.4. The molecule has 1 aromatic heterocycles. The Morgan fingerprint density at radius 1 is 1.11 bits per heavy atom. The molecule has 2 N–H and O–H groups in total. The molecule has 3 rings (SSSR count). The zero-order valence-electron chi connectivity index (χ0n) is 21.7. The van der Waals surface area contributed by atoms with Gasteiger partial charge in [0.25, 0.3) is 5.91 Å². The molecule has 0 aliphatic carbocycles. The zero-order valence-corrected chi connectivity index (χ0v) is 23.4. The molecule has 2 aromatic carbocycles. The van der Waals surface area contributed by atoms with E-state index in [1.807, 2.05) is 44.2 Å². The van der Waals surface area contributed by atoms with E-state index >= 15 is 0 Å². The molecule has 200 valence electrons. The van der Waals surface area contributed by atoms with Gasteiger partial charge in [-0.05, 0) is 38.5 Å². The number of benzene rings is 2. The molecule has 0 spiro atoms. The molecular formula is C27H35N2O6PS. The Morgan fingerprint density at radius 3 is 2.43 bits per heavy atom. The highest BCUT2D eigenvalue weighted by Gasteiger charge is 2.20. The zero-order chi connectivity index (χ0) is 26.8. The van der Waals surface area contributed by atoms with Crippen molar-refractivity contribution in [2.45, 2.75) is 52.0 Å². The van der Waals surface area contributed by atoms with E-state index in [0.717, 1.165) is 5.56 Å². The summed E-state index contributed by atoms with van der Waals surface area (Å²) in [6.45, 7) is 7.57. The van der Waals surface area contributed by atoms with Gasteiger partial charge in [0.05, 0.1) is 30.7 Å². The van der Waals surface area contributed by atoms with Crippen molar-refractivity contribution in [1.82, 2.24) is 4.98 Å². The van der Waals surface area contributed by atoms with Gasteiger partial charge in [0.2, 0.25) is 7.37 Å². The van der Waals surface area contributed by atoms with Crippen LogP contribution in [0.1, 0.15) is 48.8 Å². The third-order valence-electron chi connectivity index (χ3n) is 5.34. The summed E-state index contributed by atoms with van der Waals surface area (Å²) < 4.78 is 29.9. The predicted octanol–water partition coefficient (Wildman–Crippen LogP) is 6.00. The van der Waals surface area contributed by atoms with Crippen LogP contribution in [0.3, 0.4) is 0 Å². The van der Waals surface area contributed by atoms with E-state index in [4.69, 9.17) is 14.0 Å². The van der Waals surface area contributed by atoms with Gasteiger partial charge in [-0.25, -0.2) is 4.98 Å². The van der Waals surface area contributed by atoms with Gasteiger partial charge >= 0.3 is 0 Å². The SMILES string of the molecule is CCOP(C)(=O)Cc1csc(NC(=O)c2cc(O[C@@H](C)CCO)cc(O[C@@H](C)Cc3ccccc3)c2)n1. The Morgan fingerprint density at radius 2 is 1.78 bits per heavy atom. The molecule has 0 fully saturated rings. The minimum Gasteiger partial charge on any atom is -0.490 e. The summed E-state index contributed by atoms with van der Waals surface area (Å²) in [4.78, 5) is 17.5. The lowest BCUT2D eigenvalue weighted by Gasteiger charge is -2.19. The quantitative estimate of drug-likeness (QED) is 0.239. The third kappa shape index (κ3) is 9.59. The Kier molecular flexibility index (Phi) is 10.7. The van der Waals surface area contributed by atoms with Crippen molar-refractivity contribution in [3.8, 4) is 11.5 Å². The van der Waals surface area contributed by atoms with Crippen LogP contribution in [0.15, 0.2) is 53.9 Å². The second-order valence-corrected chi connectivity index (χ2v) is 12.4. The first-order chi connectivity index (χ1) is 17.7. The number of nitrogens with one attached hydrogen (secondary N) is 1. The molecule has 0 saturated heterocycles. The minimum absolute atomic E-state index is 0.000815. The first kappa shape index (κ1) is 28.9. The molecule has 37 heavy (non-hydrogen) atoms. The summed E-state index contributed by atoms with van der Waals surface area (Å²) in [5.41, 5.74) is 2.11. The average molecular weight is 547 g/mol. The van der Waals surface area contributed by atoms with Crippen molar-refractivity contribution >= 4 is 29.7 Å². The van der Waals surface area contributed by atoms with E-state index in [0.29, 0.717) is 47.3 Å². The lowest BCUT2D eigenvalue weighted by Crippen LogP contribution is -2.18. The number of rotatable bonds is 14. The highest BCUT2D eigenvalue weighted by Crippen LogP contribution is 2.46. The number of aliphatic hydroxyl groups is 1. The Balaban J connectivity index is 1.76. The van der Waals surface area contributed by atoms with Crippen LogP contribution in [0, 0.1) is 0 Å². The van der Waals surface area contributed by atoms with Gasteiger partial charge in [0, 0.05) is 43.1 Å². The molecule has 1 heterocycles. The van der Waals surface area contributed by atoms with Gasteiger partial charge in [-0.1, -0.05) is 30.3 Å². The van der Waals surface area contributed by atoms with Crippen molar-refractivity contribution in [1.29, 1.82) is 0 Å². The number of amides is 1. The number of hydrogen-bond donors (Lipinski definition) is 2. The Hall–Kier alpha value is -2.71. The second kappa shape index (κ2) is 13.7. The van der Waals surface area contributed by atoms with Crippen molar-refractivity contribution < 1.29 is 28.5 Å². The van der Waals surface area contributed by atoms with Gasteiger partial charge in [-0.2, -0.15) is 0 Å². The second-order valence-electron chi connectivity index (χ2n) is 8.94. The Bertz CT molecular complexity index is 1200. The average Bonchev–Trinajstić information content (AvgIpc) is 3.25.